The van der Waals surface area contributed by atoms with Crippen molar-refractivity contribution in [2.24, 2.45) is 5.92 Å². The van der Waals surface area contributed by atoms with E-state index < -0.39 is 0 Å². The number of Topliss-reactive ketones (excluding diaryl/α,β-unsaturated/α-hetero) is 1. The van der Waals surface area contributed by atoms with Gasteiger partial charge >= 0.3 is 0 Å². The van der Waals surface area contributed by atoms with E-state index in [1.807, 2.05) is 25.1 Å². The van der Waals surface area contributed by atoms with Crippen LogP contribution in [0.4, 0.5) is 0 Å². The molecule has 0 aliphatic carbocycles. The molecule has 100 valence electrons. The Morgan fingerprint density at radius 2 is 2.05 bits per heavy atom. The molecule has 0 aliphatic rings. The zero-order chi connectivity index (χ0) is 14.0. The molecular formula is C14H16N2O3. The van der Waals surface area contributed by atoms with Gasteiger partial charge in [0.15, 0.2) is 0 Å². The third kappa shape index (κ3) is 2.65. The Morgan fingerprint density at radius 1 is 1.32 bits per heavy atom. The first kappa shape index (κ1) is 13.3. The van der Waals surface area contributed by atoms with E-state index in [1.54, 1.807) is 21.0 Å². The number of aryl methyl sites for hydroxylation is 1. The van der Waals surface area contributed by atoms with Crippen LogP contribution in [0.2, 0.25) is 0 Å². The Morgan fingerprint density at radius 3 is 2.68 bits per heavy atom. The molecule has 0 unspecified atom stereocenters. The first-order valence-electron chi connectivity index (χ1n) is 6.05. The van der Waals surface area contributed by atoms with Crippen LogP contribution in [-0.4, -0.2) is 23.1 Å². The second-order valence-corrected chi connectivity index (χ2v) is 4.64. The van der Waals surface area contributed by atoms with Gasteiger partial charge in [-0.05, 0) is 19.1 Å². The molecule has 0 aliphatic heterocycles. The van der Waals surface area contributed by atoms with E-state index >= 15 is 0 Å². The molecule has 0 fully saturated rings. The average Bonchev–Trinajstić information content (AvgIpc) is 2.87. The van der Waals surface area contributed by atoms with Crippen molar-refractivity contribution in [3.8, 4) is 17.2 Å². The summed E-state index contributed by atoms with van der Waals surface area (Å²) < 4.78 is 10.7. The first-order valence-corrected chi connectivity index (χ1v) is 6.05. The van der Waals surface area contributed by atoms with E-state index in [4.69, 9.17) is 9.15 Å². The van der Waals surface area contributed by atoms with Gasteiger partial charge in [-0.25, -0.2) is 0 Å². The van der Waals surface area contributed by atoms with Crippen molar-refractivity contribution in [2.75, 3.05) is 7.11 Å². The van der Waals surface area contributed by atoms with Gasteiger partial charge in [-0.15, -0.1) is 10.2 Å². The fourth-order valence-electron chi connectivity index (χ4n) is 1.67. The summed E-state index contributed by atoms with van der Waals surface area (Å²) in [6.45, 7) is 5.54. The number of ether oxygens (including phenoxy) is 1. The fraction of sp³-hybridized carbons (Fsp3) is 0.357. The van der Waals surface area contributed by atoms with Crippen molar-refractivity contribution in [3.63, 3.8) is 0 Å². The predicted molar refractivity (Wildman–Crippen MR) is 70.2 cm³/mol. The van der Waals surface area contributed by atoms with Crippen molar-refractivity contribution in [1.82, 2.24) is 10.2 Å². The molecule has 5 nitrogen and oxygen atoms in total. The summed E-state index contributed by atoms with van der Waals surface area (Å²) in [7, 11) is 1.57. The van der Waals surface area contributed by atoms with E-state index in [9.17, 15) is 4.79 Å². The van der Waals surface area contributed by atoms with Gasteiger partial charge in [0, 0.05) is 5.92 Å². The van der Waals surface area contributed by atoms with Crippen LogP contribution >= 0.6 is 0 Å². The maximum absolute atomic E-state index is 11.8. The van der Waals surface area contributed by atoms with Crippen LogP contribution in [0.5, 0.6) is 5.75 Å². The second-order valence-electron chi connectivity index (χ2n) is 4.64. The Labute approximate surface area is 111 Å². The Hall–Kier alpha value is -2.17. The van der Waals surface area contributed by atoms with E-state index in [-0.39, 0.29) is 17.6 Å². The van der Waals surface area contributed by atoms with Crippen LogP contribution in [-0.2, 0) is 0 Å². The van der Waals surface area contributed by atoms with Crippen LogP contribution in [0, 0.1) is 12.8 Å². The number of nitrogens with zero attached hydrogens (tertiary/aromatic N) is 2. The Bertz CT molecular complexity index is 602. The molecule has 1 heterocycles. The quantitative estimate of drug-likeness (QED) is 0.791. The third-order valence-corrected chi connectivity index (χ3v) is 2.75. The van der Waals surface area contributed by atoms with Gasteiger partial charge in [-0.2, -0.15) is 0 Å². The number of aromatic nitrogens is 2. The monoisotopic (exact) mass is 260 g/mol. The maximum Gasteiger partial charge on any atom is 0.284 e. The highest BCUT2D eigenvalue weighted by molar-refractivity contribution is 5.93. The molecule has 19 heavy (non-hydrogen) atoms. The van der Waals surface area contributed by atoms with Crippen molar-refractivity contribution < 1.29 is 13.9 Å². The summed E-state index contributed by atoms with van der Waals surface area (Å²) in [6.07, 6.45) is 0. The third-order valence-electron chi connectivity index (χ3n) is 2.75. The lowest BCUT2D eigenvalue weighted by atomic mass is 10.1. The van der Waals surface area contributed by atoms with Crippen LogP contribution in [0.1, 0.15) is 30.1 Å². The lowest BCUT2D eigenvalue weighted by Gasteiger charge is -2.05. The molecule has 0 bridgehead atoms. The fourth-order valence-corrected chi connectivity index (χ4v) is 1.67. The number of rotatable bonds is 4. The standard InChI is InChI=1S/C14H16N2O3/c1-8(2)12(17)14-16-15-13(19-14)10-7-9(3)5-6-11(10)18-4/h5-8H,1-4H3. The van der Waals surface area contributed by atoms with Crippen LogP contribution in [0.15, 0.2) is 22.6 Å². The van der Waals surface area contributed by atoms with Crippen molar-refractivity contribution in [1.29, 1.82) is 0 Å². The number of carbonyl (C=O) groups is 1. The van der Waals surface area contributed by atoms with Crippen molar-refractivity contribution in [2.45, 2.75) is 20.8 Å². The second kappa shape index (κ2) is 5.22. The SMILES string of the molecule is COc1ccc(C)cc1-c1nnc(C(=O)C(C)C)o1. The minimum Gasteiger partial charge on any atom is -0.496 e. The van der Waals surface area contributed by atoms with Gasteiger partial charge in [0.1, 0.15) is 5.75 Å². The molecule has 0 N–H and O–H groups in total. The lowest BCUT2D eigenvalue weighted by Crippen LogP contribution is -2.07. The first-order chi connectivity index (χ1) is 9.02. The number of carbonyl (C=O) groups excluding carboxylic acids is 1. The number of ketones is 1. The summed E-state index contributed by atoms with van der Waals surface area (Å²) in [4.78, 5) is 11.8. The molecule has 0 saturated carbocycles. The highest BCUT2D eigenvalue weighted by atomic mass is 16.5. The molecule has 1 aromatic heterocycles. The maximum atomic E-state index is 11.8. The lowest BCUT2D eigenvalue weighted by molar-refractivity contribution is 0.0905. The van der Waals surface area contributed by atoms with Gasteiger partial charge < -0.3 is 9.15 Å². The summed E-state index contributed by atoms with van der Waals surface area (Å²) >= 11 is 0. The van der Waals surface area contributed by atoms with E-state index in [0.717, 1.165) is 5.56 Å². The summed E-state index contributed by atoms with van der Waals surface area (Å²) in [5.74, 6) is 0.633. The van der Waals surface area contributed by atoms with Gasteiger partial charge in [0.2, 0.25) is 5.78 Å². The smallest absolute Gasteiger partial charge is 0.284 e. The zero-order valence-electron chi connectivity index (χ0n) is 11.4. The van der Waals surface area contributed by atoms with Gasteiger partial charge in [0.25, 0.3) is 11.8 Å². The predicted octanol–water partition coefficient (Wildman–Crippen LogP) is 2.89. The van der Waals surface area contributed by atoms with Crippen molar-refractivity contribution >= 4 is 5.78 Å². The largest absolute Gasteiger partial charge is 0.496 e. The number of hydrogen-bond donors (Lipinski definition) is 0. The van der Waals surface area contributed by atoms with Crippen LogP contribution in [0.3, 0.4) is 0 Å². The molecule has 0 saturated heterocycles. The average molecular weight is 260 g/mol. The van der Waals surface area contributed by atoms with Gasteiger partial charge in [-0.3, -0.25) is 4.79 Å². The molecule has 0 spiro atoms. The molecule has 0 radical (unpaired) electrons. The summed E-state index contributed by atoms with van der Waals surface area (Å²) in [6, 6.07) is 5.65. The highest BCUT2D eigenvalue weighted by Crippen LogP contribution is 2.30. The van der Waals surface area contributed by atoms with Crippen molar-refractivity contribution in [3.05, 3.63) is 29.7 Å². The summed E-state index contributed by atoms with van der Waals surface area (Å²) in [5, 5.41) is 7.72. The van der Waals surface area contributed by atoms with Gasteiger partial charge in [0.05, 0.1) is 12.7 Å². The zero-order valence-corrected chi connectivity index (χ0v) is 11.4. The molecule has 2 aromatic rings. The molecule has 0 atom stereocenters. The Kier molecular flexibility index (Phi) is 3.64. The number of hydrogen-bond acceptors (Lipinski definition) is 5. The van der Waals surface area contributed by atoms with Crippen LogP contribution < -0.4 is 4.74 Å². The van der Waals surface area contributed by atoms with E-state index in [1.165, 1.54) is 0 Å². The minimum atomic E-state index is -0.173. The molecule has 5 heteroatoms. The van der Waals surface area contributed by atoms with E-state index in [2.05, 4.69) is 10.2 Å². The number of benzene rings is 1. The van der Waals surface area contributed by atoms with E-state index in [0.29, 0.717) is 17.2 Å². The molecule has 1 aromatic carbocycles. The summed E-state index contributed by atoms with van der Waals surface area (Å²) in [5.41, 5.74) is 1.74. The molecule has 0 amide bonds. The topological polar surface area (TPSA) is 65.2 Å². The van der Waals surface area contributed by atoms with Gasteiger partial charge in [-0.1, -0.05) is 25.5 Å². The molecular weight excluding hydrogens is 244 g/mol. The number of methoxy groups -OCH3 is 1. The van der Waals surface area contributed by atoms with Crippen LogP contribution in [0.25, 0.3) is 11.5 Å². The molecule has 2 rings (SSSR count). The highest BCUT2D eigenvalue weighted by Gasteiger charge is 2.20. The Balaban J connectivity index is 2.43. The normalized spacial score (nSPS) is 10.8. The minimum absolute atomic E-state index is 0.0357.